The van der Waals surface area contributed by atoms with Crippen LogP contribution in [0.4, 0.5) is 0 Å². The third-order valence-electron chi connectivity index (χ3n) is 3.76. The lowest BCUT2D eigenvalue weighted by molar-refractivity contribution is -0.130. The van der Waals surface area contributed by atoms with Crippen LogP contribution in [0, 0.1) is 0 Å². The standard InChI is InChI=1S/C20H15BrCl2N2O4/c21-15-8-13(22)9-16(23)20(15)29-11-19(27)25-24-18(26)10-28-17-7-3-5-12-4-1-2-6-14(12)17/h1-9H,10-11H2,(H,24,26)(H,25,27). The van der Waals surface area contributed by atoms with Crippen molar-refractivity contribution in [1.29, 1.82) is 0 Å². The maximum Gasteiger partial charge on any atom is 0.276 e. The molecule has 0 fully saturated rings. The van der Waals surface area contributed by atoms with E-state index in [1.165, 1.54) is 6.07 Å². The molecule has 150 valence electrons. The van der Waals surface area contributed by atoms with Crippen molar-refractivity contribution >= 4 is 61.7 Å². The number of hydrogen-bond donors (Lipinski definition) is 2. The third kappa shape index (κ3) is 5.76. The summed E-state index contributed by atoms with van der Waals surface area (Å²) in [5.74, 6) is -0.231. The van der Waals surface area contributed by atoms with Crippen molar-refractivity contribution < 1.29 is 19.1 Å². The molecule has 0 radical (unpaired) electrons. The zero-order valence-electron chi connectivity index (χ0n) is 14.9. The molecule has 0 aliphatic carbocycles. The average Bonchev–Trinajstić information content (AvgIpc) is 2.69. The Balaban J connectivity index is 1.46. The highest BCUT2D eigenvalue weighted by atomic mass is 79.9. The highest BCUT2D eigenvalue weighted by molar-refractivity contribution is 9.10. The molecule has 2 amide bonds. The van der Waals surface area contributed by atoms with E-state index in [4.69, 9.17) is 32.7 Å². The lowest BCUT2D eigenvalue weighted by Gasteiger charge is -2.12. The summed E-state index contributed by atoms with van der Waals surface area (Å²) in [6, 6.07) is 16.3. The van der Waals surface area contributed by atoms with Crippen LogP contribution in [0.1, 0.15) is 0 Å². The molecule has 0 aliphatic heterocycles. The van der Waals surface area contributed by atoms with E-state index in [0.29, 0.717) is 15.2 Å². The van der Waals surface area contributed by atoms with E-state index in [1.54, 1.807) is 12.1 Å². The van der Waals surface area contributed by atoms with Crippen LogP contribution in [-0.2, 0) is 9.59 Å². The van der Waals surface area contributed by atoms with Gasteiger partial charge < -0.3 is 9.47 Å². The summed E-state index contributed by atoms with van der Waals surface area (Å²) in [6.45, 7) is -0.617. The molecule has 2 N–H and O–H groups in total. The van der Waals surface area contributed by atoms with Crippen molar-refractivity contribution in [2.45, 2.75) is 0 Å². The van der Waals surface area contributed by atoms with Crippen molar-refractivity contribution in [3.8, 4) is 11.5 Å². The highest BCUT2D eigenvalue weighted by Gasteiger charge is 2.12. The number of amides is 2. The number of nitrogens with one attached hydrogen (secondary N) is 2. The first-order chi connectivity index (χ1) is 13.9. The van der Waals surface area contributed by atoms with Gasteiger partial charge in [0.05, 0.1) is 9.50 Å². The number of halogens is 3. The van der Waals surface area contributed by atoms with Crippen molar-refractivity contribution in [3.63, 3.8) is 0 Å². The molecule has 9 heteroatoms. The van der Waals surface area contributed by atoms with Crippen molar-refractivity contribution in [1.82, 2.24) is 10.9 Å². The Morgan fingerprint density at radius 2 is 1.55 bits per heavy atom. The van der Waals surface area contributed by atoms with E-state index >= 15 is 0 Å². The molecular formula is C20H15BrCl2N2O4. The molecule has 3 aromatic rings. The summed E-state index contributed by atoms with van der Waals surface area (Å²) >= 11 is 15.2. The third-order valence-corrected chi connectivity index (χ3v) is 4.85. The van der Waals surface area contributed by atoms with Crippen LogP contribution in [0.15, 0.2) is 59.1 Å². The Morgan fingerprint density at radius 3 is 2.28 bits per heavy atom. The highest BCUT2D eigenvalue weighted by Crippen LogP contribution is 2.35. The monoisotopic (exact) mass is 496 g/mol. The van der Waals surface area contributed by atoms with Crippen molar-refractivity contribution in [2.24, 2.45) is 0 Å². The van der Waals surface area contributed by atoms with Gasteiger partial charge in [0.1, 0.15) is 5.75 Å². The van der Waals surface area contributed by atoms with Gasteiger partial charge in [0.15, 0.2) is 19.0 Å². The van der Waals surface area contributed by atoms with Crippen LogP contribution in [0.2, 0.25) is 10.0 Å². The maximum atomic E-state index is 11.9. The van der Waals surface area contributed by atoms with Gasteiger partial charge >= 0.3 is 0 Å². The molecule has 0 spiro atoms. The predicted molar refractivity (Wildman–Crippen MR) is 115 cm³/mol. The van der Waals surface area contributed by atoms with Crippen LogP contribution in [0.5, 0.6) is 11.5 Å². The Labute approximate surface area is 185 Å². The molecule has 0 aliphatic rings. The summed E-state index contributed by atoms with van der Waals surface area (Å²) in [7, 11) is 0. The molecule has 3 aromatic carbocycles. The fraction of sp³-hybridized carbons (Fsp3) is 0.100. The lowest BCUT2D eigenvalue weighted by atomic mass is 10.1. The van der Waals surface area contributed by atoms with Crippen molar-refractivity contribution in [2.75, 3.05) is 13.2 Å². The second kappa shape index (κ2) is 9.82. The topological polar surface area (TPSA) is 76.7 Å². The Morgan fingerprint density at radius 1 is 0.897 bits per heavy atom. The van der Waals surface area contributed by atoms with Crippen LogP contribution < -0.4 is 20.3 Å². The van der Waals surface area contributed by atoms with E-state index in [1.807, 2.05) is 36.4 Å². The van der Waals surface area contributed by atoms with Crippen LogP contribution in [0.25, 0.3) is 10.8 Å². The van der Waals surface area contributed by atoms with E-state index in [9.17, 15) is 9.59 Å². The van der Waals surface area contributed by atoms with Gasteiger partial charge in [-0.15, -0.1) is 0 Å². The van der Waals surface area contributed by atoms with Crippen LogP contribution in [0.3, 0.4) is 0 Å². The first-order valence-corrected chi connectivity index (χ1v) is 9.94. The Kier molecular flexibility index (Phi) is 7.19. The Bertz CT molecular complexity index is 1030. The Hall–Kier alpha value is -2.48. The number of carbonyl (C=O) groups excluding carboxylic acids is 2. The quantitative estimate of drug-likeness (QED) is 0.491. The molecule has 0 heterocycles. The van der Waals surface area contributed by atoms with E-state index in [-0.39, 0.29) is 24.0 Å². The van der Waals surface area contributed by atoms with Gasteiger partial charge in [-0.1, -0.05) is 59.6 Å². The second-order valence-electron chi connectivity index (χ2n) is 5.85. The molecule has 0 saturated heterocycles. The van der Waals surface area contributed by atoms with Crippen LogP contribution >= 0.6 is 39.1 Å². The number of hydrazine groups is 1. The summed E-state index contributed by atoms with van der Waals surface area (Å²) in [4.78, 5) is 23.8. The zero-order chi connectivity index (χ0) is 20.8. The molecule has 6 nitrogen and oxygen atoms in total. The zero-order valence-corrected chi connectivity index (χ0v) is 18.0. The maximum absolute atomic E-state index is 11.9. The fourth-order valence-corrected chi connectivity index (χ4v) is 3.85. The first kappa shape index (κ1) is 21.2. The van der Waals surface area contributed by atoms with Crippen LogP contribution in [-0.4, -0.2) is 25.0 Å². The normalized spacial score (nSPS) is 10.4. The predicted octanol–water partition coefficient (Wildman–Crippen LogP) is 4.51. The number of carbonyl (C=O) groups is 2. The molecule has 3 rings (SSSR count). The first-order valence-electron chi connectivity index (χ1n) is 8.39. The van der Waals surface area contributed by atoms with Gasteiger partial charge in [0.2, 0.25) is 0 Å². The van der Waals surface area contributed by atoms with E-state index < -0.39 is 11.8 Å². The number of benzene rings is 3. The smallest absolute Gasteiger partial charge is 0.276 e. The van der Waals surface area contributed by atoms with Gasteiger partial charge in [-0.3, -0.25) is 20.4 Å². The van der Waals surface area contributed by atoms with E-state index in [0.717, 1.165) is 10.8 Å². The van der Waals surface area contributed by atoms with Gasteiger partial charge in [-0.05, 0) is 39.5 Å². The minimum Gasteiger partial charge on any atom is -0.483 e. The molecular weight excluding hydrogens is 483 g/mol. The minimum atomic E-state index is -0.568. The molecule has 29 heavy (non-hydrogen) atoms. The summed E-state index contributed by atoms with van der Waals surface area (Å²) in [6.07, 6.45) is 0. The fourth-order valence-electron chi connectivity index (χ4n) is 2.48. The van der Waals surface area contributed by atoms with Gasteiger partial charge in [0, 0.05) is 10.4 Å². The van der Waals surface area contributed by atoms with E-state index in [2.05, 4.69) is 26.8 Å². The molecule has 0 unspecified atom stereocenters. The minimum absolute atomic E-state index is 0.254. The molecule has 0 saturated carbocycles. The van der Waals surface area contributed by atoms with Gasteiger partial charge in [-0.25, -0.2) is 0 Å². The summed E-state index contributed by atoms with van der Waals surface area (Å²) in [5, 5.41) is 2.58. The van der Waals surface area contributed by atoms with Gasteiger partial charge in [-0.2, -0.15) is 0 Å². The number of rotatable bonds is 6. The number of fused-ring (bicyclic) bond motifs is 1. The largest absolute Gasteiger partial charge is 0.483 e. The number of hydrogen-bond acceptors (Lipinski definition) is 4. The average molecular weight is 498 g/mol. The summed E-state index contributed by atoms with van der Waals surface area (Å²) in [5.41, 5.74) is 4.51. The molecule has 0 atom stereocenters. The molecule has 0 aromatic heterocycles. The molecule has 0 bridgehead atoms. The SMILES string of the molecule is O=C(COc1c(Cl)cc(Cl)cc1Br)NNC(=O)COc1cccc2ccccc12. The van der Waals surface area contributed by atoms with Crippen molar-refractivity contribution in [3.05, 3.63) is 69.1 Å². The lowest BCUT2D eigenvalue weighted by Crippen LogP contribution is -2.45. The van der Waals surface area contributed by atoms with Gasteiger partial charge in [0.25, 0.3) is 11.8 Å². The summed E-state index contributed by atoms with van der Waals surface area (Å²) < 4.78 is 11.4. The number of ether oxygens (including phenoxy) is 2. The second-order valence-corrected chi connectivity index (χ2v) is 7.55.